The van der Waals surface area contributed by atoms with Gasteiger partial charge in [-0.3, -0.25) is 4.79 Å². The lowest BCUT2D eigenvalue weighted by Crippen LogP contribution is -2.16. The van der Waals surface area contributed by atoms with Crippen molar-refractivity contribution in [3.05, 3.63) is 33.4 Å². The first-order valence-corrected chi connectivity index (χ1v) is 9.47. The number of alkyl halides is 3. The summed E-state index contributed by atoms with van der Waals surface area (Å²) in [6.45, 7) is -0.506. The lowest BCUT2D eigenvalue weighted by atomic mass is 10.2. The maximum Gasteiger partial charge on any atom is 0.416 e. The second-order valence-electron chi connectivity index (χ2n) is 5.23. The third-order valence-electron chi connectivity index (χ3n) is 3.20. The van der Waals surface area contributed by atoms with Gasteiger partial charge in [-0.15, -0.1) is 0 Å². The van der Waals surface area contributed by atoms with Gasteiger partial charge in [0.15, 0.2) is 18.1 Å². The molecule has 0 saturated carbocycles. The number of anilines is 1. The van der Waals surface area contributed by atoms with E-state index in [1.165, 1.54) is 6.26 Å². The molecule has 0 fully saturated rings. The number of hydrogen-bond acceptors (Lipinski definition) is 6. The maximum atomic E-state index is 12.9. The topological polar surface area (TPSA) is 132 Å². The smallest absolute Gasteiger partial charge is 0.416 e. The summed E-state index contributed by atoms with van der Waals surface area (Å²) in [6.07, 6.45) is -2.35. The van der Waals surface area contributed by atoms with Gasteiger partial charge >= 0.3 is 6.18 Å². The summed E-state index contributed by atoms with van der Waals surface area (Å²) in [7, 11) is 0. The number of carbonyl (C=O) groups excluding carboxylic acids is 1. The SMILES string of the molecule is C[S+]([O-])c1c(C=NOCC(N)=O)nn(-c2c(Cl)cc(C(F)(F)F)cc2Cl)c1N. The van der Waals surface area contributed by atoms with E-state index in [2.05, 4.69) is 15.1 Å². The number of nitrogen functional groups attached to an aromatic ring is 1. The minimum absolute atomic E-state index is 0.0125. The van der Waals surface area contributed by atoms with Gasteiger partial charge in [0.25, 0.3) is 5.91 Å². The van der Waals surface area contributed by atoms with Crippen LogP contribution in [0.25, 0.3) is 5.69 Å². The van der Waals surface area contributed by atoms with Gasteiger partial charge in [-0.1, -0.05) is 28.4 Å². The highest BCUT2D eigenvalue weighted by atomic mass is 35.5. The molecule has 0 saturated heterocycles. The van der Waals surface area contributed by atoms with Crippen LogP contribution in [0, 0.1) is 0 Å². The molecule has 1 atom stereocenters. The Kier molecular flexibility index (Phi) is 6.70. The second-order valence-corrected chi connectivity index (χ2v) is 7.36. The van der Waals surface area contributed by atoms with Crippen LogP contribution in [-0.4, -0.2) is 39.3 Å². The van der Waals surface area contributed by atoms with Crippen LogP contribution in [0.5, 0.6) is 0 Å². The van der Waals surface area contributed by atoms with Crippen molar-refractivity contribution >= 4 is 52.3 Å². The van der Waals surface area contributed by atoms with Crippen molar-refractivity contribution in [1.29, 1.82) is 0 Å². The Labute approximate surface area is 169 Å². The number of nitrogens with two attached hydrogens (primary N) is 2. The Morgan fingerprint density at radius 1 is 1.43 bits per heavy atom. The number of aromatic nitrogens is 2. The number of primary amides is 1. The fourth-order valence-corrected chi connectivity index (χ4v) is 3.52. The summed E-state index contributed by atoms with van der Waals surface area (Å²) in [6, 6.07) is 1.33. The highest BCUT2D eigenvalue weighted by Crippen LogP contribution is 2.39. The maximum absolute atomic E-state index is 12.9. The minimum Gasteiger partial charge on any atom is -0.611 e. The van der Waals surface area contributed by atoms with Crippen molar-refractivity contribution < 1.29 is 27.4 Å². The summed E-state index contributed by atoms with van der Waals surface area (Å²) < 4.78 is 51.6. The van der Waals surface area contributed by atoms with Gasteiger partial charge in [0.05, 0.1) is 21.8 Å². The molecule has 14 heteroatoms. The largest absolute Gasteiger partial charge is 0.611 e. The van der Waals surface area contributed by atoms with Crippen LogP contribution >= 0.6 is 23.2 Å². The Bertz CT molecular complexity index is 911. The van der Waals surface area contributed by atoms with Gasteiger partial charge in [0, 0.05) is 0 Å². The number of rotatable bonds is 6. The number of halogens is 5. The van der Waals surface area contributed by atoms with E-state index >= 15 is 0 Å². The van der Waals surface area contributed by atoms with Crippen molar-refractivity contribution in [1.82, 2.24) is 9.78 Å². The Morgan fingerprint density at radius 3 is 2.46 bits per heavy atom. The summed E-state index contributed by atoms with van der Waals surface area (Å²) in [5, 5.41) is 6.73. The van der Waals surface area contributed by atoms with E-state index in [1.807, 2.05) is 0 Å². The molecule has 8 nitrogen and oxygen atoms in total. The molecule has 1 aromatic heterocycles. The molecule has 2 aromatic rings. The van der Waals surface area contributed by atoms with Gasteiger partial charge in [-0.2, -0.15) is 18.3 Å². The molecule has 1 unspecified atom stereocenters. The highest BCUT2D eigenvalue weighted by molar-refractivity contribution is 7.91. The number of oxime groups is 1. The predicted molar refractivity (Wildman–Crippen MR) is 98.1 cm³/mol. The van der Waals surface area contributed by atoms with E-state index in [0.717, 1.165) is 10.9 Å². The van der Waals surface area contributed by atoms with Crippen LogP contribution in [0.3, 0.4) is 0 Å². The molecule has 0 bridgehead atoms. The van der Waals surface area contributed by atoms with E-state index in [-0.39, 0.29) is 32.1 Å². The van der Waals surface area contributed by atoms with Crippen LogP contribution in [0.4, 0.5) is 19.0 Å². The lowest BCUT2D eigenvalue weighted by Gasteiger charge is -2.13. The number of nitrogens with zero attached hydrogens (tertiary/aromatic N) is 3. The molecule has 4 N–H and O–H groups in total. The summed E-state index contributed by atoms with van der Waals surface area (Å²) in [5.41, 5.74) is 9.61. The van der Waals surface area contributed by atoms with Crippen molar-refractivity contribution in [2.75, 3.05) is 18.6 Å². The minimum atomic E-state index is -4.66. The van der Waals surface area contributed by atoms with E-state index in [4.69, 9.17) is 34.7 Å². The summed E-state index contributed by atoms with van der Waals surface area (Å²) in [4.78, 5) is 15.3. The molecule has 1 aromatic carbocycles. The molecule has 28 heavy (non-hydrogen) atoms. The zero-order valence-corrected chi connectivity index (χ0v) is 16.3. The monoisotopic (exact) mass is 457 g/mol. The summed E-state index contributed by atoms with van der Waals surface area (Å²) in [5.74, 6) is -0.953. The standard InChI is InChI=1S/C14H12Cl2F3N5O3S/c1-28(26)12-9(4-22-27-5-10(20)25)23-24(13(12)21)11-7(15)2-6(3-8(11)16)14(17,18)19/h2-4H,5,21H2,1H3,(H2,20,25). The highest BCUT2D eigenvalue weighted by Gasteiger charge is 2.33. The Hall–Kier alpha value is -2.15. The lowest BCUT2D eigenvalue weighted by molar-refractivity contribution is -0.137. The van der Waals surface area contributed by atoms with Gasteiger partial charge < -0.3 is 20.9 Å². The molecule has 0 spiro atoms. The molecule has 152 valence electrons. The quantitative estimate of drug-likeness (QED) is 0.390. The first-order chi connectivity index (χ1) is 12.9. The van der Waals surface area contributed by atoms with Crippen LogP contribution in [0.15, 0.2) is 22.2 Å². The van der Waals surface area contributed by atoms with Crippen molar-refractivity contribution in [3.63, 3.8) is 0 Å². The van der Waals surface area contributed by atoms with Gasteiger partial charge in [-0.25, -0.2) is 4.68 Å². The van der Waals surface area contributed by atoms with Crippen LogP contribution in [0.1, 0.15) is 11.3 Å². The van der Waals surface area contributed by atoms with Crippen molar-refractivity contribution in [2.45, 2.75) is 11.1 Å². The molecule has 0 radical (unpaired) electrons. The molecular weight excluding hydrogens is 446 g/mol. The fourth-order valence-electron chi connectivity index (χ4n) is 2.10. The average Bonchev–Trinajstić information content (AvgIpc) is 2.86. The van der Waals surface area contributed by atoms with Crippen LogP contribution < -0.4 is 11.5 Å². The van der Waals surface area contributed by atoms with E-state index in [9.17, 15) is 22.5 Å². The normalized spacial score (nSPS) is 13.1. The zero-order valence-electron chi connectivity index (χ0n) is 14.0. The average molecular weight is 458 g/mol. The molecule has 0 aliphatic rings. The third-order valence-corrected chi connectivity index (χ3v) is 4.77. The van der Waals surface area contributed by atoms with Crippen LogP contribution in [-0.2, 0) is 27.0 Å². The van der Waals surface area contributed by atoms with Gasteiger partial charge in [-0.05, 0) is 23.3 Å². The number of amides is 1. The molecule has 0 aliphatic carbocycles. The fraction of sp³-hybridized carbons (Fsp3) is 0.214. The first kappa shape index (κ1) is 22.1. The van der Waals surface area contributed by atoms with E-state index in [1.54, 1.807) is 0 Å². The van der Waals surface area contributed by atoms with Crippen LogP contribution in [0.2, 0.25) is 10.0 Å². The molecule has 0 aliphatic heterocycles. The summed E-state index contributed by atoms with van der Waals surface area (Å²) >= 11 is 10.3. The number of benzene rings is 1. The van der Waals surface area contributed by atoms with E-state index in [0.29, 0.717) is 12.1 Å². The molecule has 1 amide bonds. The predicted octanol–water partition coefficient (Wildman–Crippen LogP) is 2.35. The zero-order chi connectivity index (χ0) is 21.2. The molecule has 1 heterocycles. The second kappa shape index (κ2) is 8.47. The van der Waals surface area contributed by atoms with Crippen molar-refractivity contribution in [3.8, 4) is 5.69 Å². The molecular formula is C14H12Cl2F3N5O3S. The Morgan fingerprint density at radius 2 is 2.00 bits per heavy atom. The number of hydrogen-bond donors (Lipinski definition) is 2. The molecule has 2 rings (SSSR count). The third kappa shape index (κ3) is 4.82. The Balaban J connectivity index is 2.55. The van der Waals surface area contributed by atoms with E-state index < -0.39 is 35.4 Å². The van der Waals surface area contributed by atoms with Crippen molar-refractivity contribution in [2.24, 2.45) is 10.9 Å². The van der Waals surface area contributed by atoms with Gasteiger partial charge in [0.2, 0.25) is 4.90 Å². The van der Waals surface area contributed by atoms with Gasteiger partial charge in [0.1, 0.15) is 11.9 Å². The first-order valence-electron chi connectivity index (χ1n) is 7.15. The number of carbonyl (C=O) groups is 1.